The van der Waals surface area contributed by atoms with Gasteiger partial charge in [-0.2, -0.15) is 0 Å². The van der Waals surface area contributed by atoms with Crippen LogP contribution in [-0.2, 0) is 0 Å². The van der Waals surface area contributed by atoms with Crippen LogP contribution in [0, 0.1) is 13.8 Å². The number of carbonyl (C=O) groups excluding carboxylic acids is 1. The van der Waals surface area contributed by atoms with E-state index in [4.69, 9.17) is 4.74 Å². The average Bonchev–Trinajstić information content (AvgIpc) is 2.43. The van der Waals surface area contributed by atoms with Crippen LogP contribution in [0.15, 0.2) is 40.9 Å². The standard InChI is InChI=1S/C17H17BrO2/c1-4-20-16-8-7-14(10-15(16)18)17(19)13-6-5-11(2)12(3)9-13/h5-10H,4H2,1-3H3. The summed E-state index contributed by atoms with van der Waals surface area (Å²) in [4.78, 5) is 12.5. The van der Waals surface area contributed by atoms with E-state index >= 15 is 0 Å². The lowest BCUT2D eigenvalue weighted by molar-refractivity contribution is 0.103. The van der Waals surface area contributed by atoms with Gasteiger partial charge < -0.3 is 4.74 Å². The summed E-state index contributed by atoms with van der Waals surface area (Å²) in [6, 6.07) is 11.2. The molecule has 2 aromatic carbocycles. The molecule has 0 amide bonds. The predicted octanol–water partition coefficient (Wildman–Crippen LogP) is 4.70. The van der Waals surface area contributed by atoms with Gasteiger partial charge in [-0.1, -0.05) is 12.1 Å². The van der Waals surface area contributed by atoms with Gasteiger partial charge in [0.15, 0.2) is 5.78 Å². The van der Waals surface area contributed by atoms with Crippen LogP contribution >= 0.6 is 15.9 Å². The second-order valence-corrected chi connectivity index (χ2v) is 5.56. The number of hydrogen-bond acceptors (Lipinski definition) is 2. The summed E-state index contributed by atoms with van der Waals surface area (Å²) >= 11 is 3.44. The van der Waals surface area contributed by atoms with Crippen LogP contribution in [0.25, 0.3) is 0 Å². The highest BCUT2D eigenvalue weighted by atomic mass is 79.9. The van der Waals surface area contributed by atoms with Crippen molar-refractivity contribution in [3.05, 3.63) is 63.1 Å². The minimum absolute atomic E-state index is 0.0249. The van der Waals surface area contributed by atoms with E-state index in [2.05, 4.69) is 15.9 Å². The first-order chi connectivity index (χ1) is 9.52. The van der Waals surface area contributed by atoms with Crippen LogP contribution in [-0.4, -0.2) is 12.4 Å². The lowest BCUT2D eigenvalue weighted by Crippen LogP contribution is -2.03. The molecule has 2 nitrogen and oxygen atoms in total. The number of hydrogen-bond donors (Lipinski definition) is 0. The van der Waals surface area contributed by atoms with Crippen molar-refractivity contribution < 1.29 is 9.53 Å². The van der Waals surface area contributed by atoms with Crippen molar-refractivity contribution in [2.24, 2.45) is 0 Å². The quantitative estimate of drug-likeness (QED) is 0.759. The van der Waals surface area contributed by atoms with Crippen LogP contribution in [0.4, 0.5) is 0 Å². The molecule has 2 rings (SSSR count). The molecule has 20 heavy (non-hydrogen) atoms. The lowest BCUT2D eigenvalue weighted by Gasteiger charge is -2.08. The Morgan fingerprint density at radius 2 is 1.70 bits per heavy atom. The van der Waals surface area contributed by atoms with Gasteiger partial charge in [0.2, 0.25) is 0 Å². The zero-order chi connectivity index (χ0) is 14.7. The first-order valence-electron chi connectivity index (χ1n) is 6.57. The Balaban J connectivity index is 2.33. The SMILES string of the molecule is CCOc1ccc(C(=O)c2ccc(C)c(C)c2)cc1Br. The number of aryl methyl sites for hydroxylation is 2. The van der Waals surface area contributed by atoms with E-state index in [1.54, 1.807) is 6.07 Å². The van der Waals surface area contributed by atoms with Gasteiger partial charge in [-0.25, -0.2) is 0 Å². The number of carbonyl (C=O) groups is 1. The minimum atomic E-state index is 0.0249. The largest absolute Gasteiger partial charge is 0.493 e. The van der Waals surface area contributed by atoms with Crippen molar-refractivity contribution >= 4 is 21.7 Å². The Hall–Kier alpha value is -1.61. The molecule has 0 radical (unpaired) electrons. The van der Waals surface area contributed by atoms with E-state index in [9.17, 15) is 4.79 Å². The number of ether oxygens (including phenoxy) is 1. The van der Waals surface area contributed by atoms with Gasteiger partial charge in [-0.05, 0) is 72.1 Å². The maximum absolute atomic E-state index is 12.5. The third-order valence-electron chi connectivity index (χ3n) is 3.26. The maximum Gasteiger partial charge on any atom is 0.193 e. The van der Waals surface area contributed by atoms with Gasteiger partial charge in [0, 0.05) is 11.1 Å². The van der Waals surface area contributed by atoms with E-state index in [0.29, 0.717) is 17.7 Å². The van der Waals surface area contributed by atoms with Gasteiger partial charge in [0.05, 0.1) is 11.1 Å². The number of rotatable bonds is 4. The Kier molecular flexibility index (Phi) is 4.61. The van der Waals surface area contributed by atoms with Crippen molar-refractivity contribution in [1.29, 1.82) is 0 Å². The molecule has 0 aliphatic rings. The molecule has 0 atom stereocenters. The summed E-state index contributed by atoms with van der Waals surface area (Å²) in [7, 11) is 0. The van der Waals surface area contributed by atoms with E-state index in [1.165, 1.54) is 5.56 Å². The molecule has 0 aliphatic heterocycles. The first kappa shape index (κ1) is 14.8. The molecule has 0 aromatic heterocycles. The average molecular weight is 333 g/mol. The van der Waals surface area contributed by atoms with Gasteiger partial charge >= 0.3 is 0 Å². The molecular weight excluding hydrogens is 316 g/mol. The highest BCUT2D eigenvalue weighted by molar-refractivity contribution is 9.10. The molecule has 0 unspecified atom stereocenters. The molecule has 0 heterocycles. The van der Waals surface area contributed by atoms with Crippen LogP contribution in [0.3, 0.4) is 0 Å². The van der Waals surface area contributed by atoms with Crippen molar-refractivity contribution in [1.82, 2.24) is 0 Å². The number of ketones is 1. The molecule has 0 fully saturated rings. The summed E-state index contributed by atoms with van der Waals surface area (Å²) in [6.45, 7) is 6.58. The Morgan fingerprint density at radius 3 is 2.30 bits per heavy atom. The predicted molar refractivity (Wildman–Crippen MR) is 84.7 cm³/mol. The van der Waals surface area contributed by atoms with Crippen molar-refractivity contribution in [3.8, 4) is 5.75 Å². The fraction of sp³-hybridized carbons (Fsp3) is 0.235. The van der Waals surface area contributed by atoms with Gasteiger partial charge in [-0.15, -0.1) is 0 Å². The highest BCUT2D eigenvalue weighted by Crippen LogP contribution is 2.27. The molecule has 0 bridgehead atoms. The van der Waals surface area contributed by atoms with Crippen LogP contribution in [0.1, 0.15) is 34.0 Å². The number of benzene rings is 2. The summed E-state index contributed by atoms with van der Waals surface area (Å²) in [5, 5.41) is 0. The minimum Gasteiger partial charge on any atom is -0.493 e. The van der Waals surface area contributed by atoms with Gasteiger partial charge in [0.25, 0.3) is 0 Å². The van der Waals surface area contributed by atoms with Crippen LogP contribution in [0.2, 0.25) is 0 Å². The van der Waals surface area contributed by atoms with Crippen molar-refractivity contribution in [2.45, 2.75) is 20.8 Å². The molecule has 0 N–H and O–H groups in total. The Morgan fingerprint density at radius 1 is 1.05 bits per heavy atom. The number of halogens is 1. The van der Waals surface area contributed by atoms with E-state index in [1.807, 2.05) is 51.1 Å². The fourth-order valence-corrected chi connectivity index (χ4v) is 2.46. The zero-order valence-electron chi connectivity index (χ0n) is 11.9. The Labute approximate surface area is 127 Å². The maximum atomic E-state index is 12.5. The normalized spacial score (nSPS) is 10.4. The zero-order valence-corrected chi connectivity index (χ0v) is 13.5. The Bertz CT molecular complexity index is 647. The summed E-state index contributed by atoms with van der Waals surface area (Å²) in [5.41, 5.74) is 3.68. The molecule has 0 saturated carbocycles. The van der Waals surface area contributed by atoms with Crippen molar-refractivity contribution in [3.63, 3.8) is 0 Å². The lowest BCUT2D eigenvalue weighted by atomic mass is 9.99. The third kappa shape index (κ3) is 3.10. The fourth-order valence-electron chi connectivity index (χ4n) is 1.96. The van der Waals surface area contributed by atoms with E-state index in [-0.39, 0.29) is 5.78 Å². The molecule has 104 valence electrons. The molecular formula is C17H17BrO2. The smallest absolute Gasteiger partial charge is 0.193 e. The highest BCUT2D eigenvalue weighted by Gasteiger charge is 2.12. The molecule has 2 aromatic rings. The van der Waals surface area contributed by atoms with Crippen LogP contribution in [0.5, 0.6) is 5.75 Å². The molecule has 3 heteroatoms. The summed E-state index contributed by atoms with van der Waals surface area (Å²) < 4.78 is 6.25. The summed E-state index contributed by atoms with van der Waals surface area (Å²) in [6.07, 6.45) is 0. The monoisotopic (exact) mass is 332 g/mol. The summed E-state index contributed by atoms with van der Waals surface area (Å²) in [5.74, 6) is 0.779. The van der Waals surface area contributed by atoms with Gasteiger partial charge in [0.1, 0.15) is 5.75 Å². The third-order valence-corrected chi connectivity index (χ3v) is 3.88. The molecule has 0 saturated heterocycles. The molecule has 0 aliphatic carbocycles. The topological polar surface area (TPSA) is 26.3 Å². The van der Waals surface area contributed by atoms with Gasteiger partial charge in [-0.3, -0.25) is 4.79 Å². The van der Waals surface area contributed by atoms with E-state index < -0.39 is 0 Å². The van der Waals surface area contributed by atoms with Crippen molar-refractivity contribution in [2.75, 3.05) is 6.61 Å². The van der Waals surface area contributed by atoms with E-state index in [0.717, 1.165) is 15.8 Å². The first-order valence-corrected chi connectivity index (χ1v) is 7.36. The van der Waals surface area contributed by atoms with Crippen LogP contribution < -0.4 is 4.74 Å². The molecule has 0 spiro atoms. The second-order valence-electron chi connectivity index (χ2n) is 4.71. The second kappa shape index (κ2) is 6.23.